The van der Waals surface area contributed by atoms with Crippen LogP contribution in [0.5, 0.6) is 11.5 Å². The molecule has 2 aromatic carbocycles. The van der Waals surface area contributed by atoms with Crippen LogP contribution in [0.2, 0.25) is 0 Å². The summed E-state index contributed by atoms with van der Waals surface area (Å²) in [5.74, 6) is 2.26. The lowest BCUT2D eigenvalue weighted by molar-refractivity contribution is -0.163. The van der Waals surface area contributed by atoms with Crippen molar-refractivity contribution in [3.63, 3.8) is 0 Å². The summed E-state index contributed by atoms with van der Waals surface area (Å²) in [5, 5.41) is 3.21. The van der Waals surface area contributed by atoms with E-state index in [1.54, 1.807) is 0 Å². The van der Waals surface area contributed by atoms with Crippen LogP contribution in [0.15, 0.2) is 48.5 Å². The number of fused-ring (bicyclic) bond motifs is 1. The number of carbonyl (C=O) groups is 2. The normalized spacial score (nSPS) is 23.9. The molecule has 3 aliphatic heterocycles. The molecule has 2 aromatic rings. The first-order valence-electron chi connectivity index (χ1n) is 14.4. The number of benzene rings is 2. The molecular weight excluding hydrogens is 478 g/mol. The van der Waals surface area contributed by atoms with Gasteiger partial charge in [0.2, 0.25) is 11.8 Å². The molecule has 7 nitrogen and oxygen atoms in total. The van der Waals surface area contributed by atoms with E-state index in [0.717, 1.165) is 56.0 Å². The van der Waals surface area contributed by atoms with Crippen LogP contribution in [-0.2, 0) is 22.7 Å². The van der Waals surface area contributed by atoms with Crippen LogP contribution in [0.25, 0.3) is 0 Å². The van der Waals surface area contributed by atoms with Gasteiger partial charge in [-0.25, -0.2) is 0 Å². The zero-order valence-corrected chi connectivity index (χ0v) is 22.2. The molecule has 1 unspecified atom stereocenters. The number of carbonyl (C=O) groups excluding carboxylic acids is 2. The summed E-state index contributed by atoms with van der Waals surface area (Å²) < 4.78 is 11.4. The van der Waals surface area contributed by atoms with E-state index >= 15 is 0 Å². The summed E-state index contributed by atoms with van der Waals surface area (Å²) in [4.78, 5) is 32.2. The van der Waals surface area contributed by atoms with Gasteiger partial charge in [0.25, 0.3) is 0 Å². The number of amides is 2. The van der Waals surface area contributed by atoms with Crippen molar-refractivity contribution in [3.8, 4) is 11.5 Å². The van der Waals surface area contributed by atoms with Crippen molar-refractivity contribution in [2.45, 2.75) is 76.0 Å². The molecular formula is C31H39N3O4. The van der Waals surface area contributed by atoms with Crippen molar-refractivity contribution in [2.24, 2.45) is 5.92 Å². The van der Waals surface area contributed by atoms with Crippen LogP contribution in [0.4, 0.5) is 0 Å². The summed E-state index contributed by atoms with van der Waals surface area (Å²) >= 11 is 0. The van der Waals surface area contributed by atoms with Crippen molar-refractivity contribution in [3.05, 3.63) is 59.7 Å². The zero-order valence-electron chi connectivity index (χ0n) is 22.2. The standard InChI is InChI=1S/C31H39N3O4/c35-29-26(19-23-7-3-1-4-8-23)32-30(36)31(34(29)22-24-9-5-2-6-10-24)13-15-33(16-14-31)21-25-11-12-27-28(20-25)38-18-17-37-27/h2,5-6,9-12,20,23,26H,1,3-4,7-8,13-19,21-22H2,(H,32,36). The Morgan fingerprint density at radius 2 is 1.58 bits per heavy atom. The lowest BCUT2D eigenvalue weighted by atomic mass is 9.79. The Morgan fingerprint density at radius 3 is 2.34 bits per heavy atom. The highest BCUT2D eigenvalue weighted by Gasteiger charge is 2.53. The van der Waals surface area contributed by atoms with Gasteiger partial charge in [-0.1, -0.05) is 68.5 Å². The molecule has 3 heterocycles. The number of likely N-dealkylation sites (tertiary alicyclic amines) is 1. The fourth-order valence-corrected chi connectivity index (χ4v) is 6.81. The second-order valence-corrected chi connectivity index (χ2v) is 11.5. The van der Waals surface area contributed by atoms with Gasteiger partial charge >= 0.3 is 0 Å². The van der Waals surface area contributed by atoms with Crippen LogP contribution in [0, 0.1) is 5.92 Å². The minimum absolute atomic E-state index is 0.0350. The Labute approximate surface area is 225 Å². The molecule has 1 aliphatic carbocycles. The molecule has 2 saturated heterocycles. The number of nitrogens with one attached hydrogen (secondary N) is 1. The average molecular weight is 518 g/mol. The number of piperidine rings is 1. The van der Waals surface area contributed by atoms with E-state index in [1.165, 1.54) is 24.8 Å². The minimum Gasteiger partial charge on any atom is -0.486 e. The van der Waals surface area contributed by atoms with Crippen LogP contribution >= 0.6 is 0 Å². The Kier molecular flexibility index (Phi) is 7.28. The highest BCUT2D eigenvalue weighted by molar-refractivity contribution is 6.00. The van der Waals surface area contributed by atoms with Gasteiger partial charge in [0.1, 0.15) is 24.8 Å². The van der Waals surface area contributed by atoms with E-state index in [-0.39, 0.29) is 11.8 Å². The van der Waals surface area contributed by atoms with Crippen LogP contribution < -0.4 is 14.8 Å². The average Bonchev–Trinajstić information content (AvgIpc) is 2.96. The topological polar surface area (TPSA) is 71.1 Å². The minimum atomic E-state index is -0.792. The fraction of sp³-hybridized carbons (Fsp3) is 0.548. The smallest absolute Gasteiger partial charge is 0.246 e. The van der Waals surface area contributed by atoms with Crippen molar-refractivity contribution in [1.29, 1.82) is 0 Å². The number of piperazine rings is 1. The second kappa shape index (κ2) is 11.0. The molecule has 1 N–H and O–H groups in total. The van der Waals surface area contributed by atoms with E-state index in [4.69, 9.17) is 9.47 Å². The third-order valence-electron chi connectivity index (χ3n) is 8.98. The first kappa shape index (κ1) is 25.2. The van der Waals surface area contributed by atoms with E-state index in [2.05, 4.69) is 34.5 Å². The summed E-state index contributed by atoms with van der Waals surface area (Å²) in [5.41, 5.74) is 1.45. The summed E-state index contributed by atoms with van der Waals surface area (Å²) in [6.07, 6.45) is 8.12. The second-order valence-electron chi connectivity index (χ2n) is 11.5. The first-order valence-corrected chi connectivity index (χ1v) is 14.4. The third-order valence-corrected chi connectivity index (χ3v) is 8.98. The molecule has 6 rings (SSSR count). The monoisotopic (exact) mass is 517 g/mol. The third kappa shape index (κ3) is 5.13. The van der Waals surface area contributed by atoms with Crippen molar-refractivity contribution in [2.75, 3.05) is 26.3 Å². The van der Waals surface area contributed by atoms with Crippen LogP contribution in [0.1, 0.15) is 62.5 Å². The molecule has 4 aliphatic rings. The van der Waals surface area contributed by atoms with E-state index < -0.39 is 11.6 Å². The number of rotatable bonds is 6. The van der Waals surface area contributed by atoms with Gasteiger partial charge in [-0.2, -0.15) is 0 Å². The molecule has 7 heteroatoms. The SMILES string of the molecule is O=C1C(CC2CCCCC2)NC(=O)C2(CCN(Cc3ccc4c(c3)OCCO4)CC2)N1Cc1ccccc1. The van der Waals surface area contributed by atoms with E-state index in [0.29, 0.717) is 38.5 Å². The predicted molar refractivity (Wildman–Crippen MR) is 145 cm³/mol. The Hall–Kier alpha value is -3.06. The predicted octanol–water partition coefficient (Wildman–Crippen LogP) is 4.29. The quantitative estimate of drug-likeness (QED) is 0.619. The summed E-state index contributed by atoms with van der Waals surface area (Å²) in [6, 6.07) is 15.8. The highest BCUT2D eigenvalue weighted by Crippen LogP contribution is 2.37. The summed E-state index contributed by atoms with van der Waals surface area (Å²) in [7, 11) is 0. The lowest BCUT2D eigenvalue weighted by Crippen LogP contribution is -2.72. The molecule has 0 radical (unpaired) electrons. The molecule has 2 amide bonds. The molecule has 38 heavy (non-hydrogen) atoms. The maximum atomic E-state index is 14.0. The number of hydrogen-bond donors (Lipinski definition) is 1. The van der Waals surface area contributed by atoms with Crippen molar-refractivity contribution in [1.82, 2.24) is 15.1 Å². The lowest BCUT2D eigenvalue weighted by Gasteiger charge is -2.52. The van der Waals surface area contributed by atoms with Gasteiger partial charge in [0.15, 0.2) is 11.5 Å². The van der Waals surface area contributed by atoms with Gasteiger partial charge in [0, 0.05) is 26.2 Å². The fourth-order valence-electron chi connectivity index (χ4n) is 6.81. The van der Waals surface area contributed by atoms with Crippen LogP contribution in [-0.4, -0.2) is 59.5 Å². The van der Waals surface area contributed by atoms with E-state index in [9.17, 15) is 9.59 Å². The van der Waals surface area contributed by atoms with Crippen molar-refractivity contribution < 1.29 is 19.1 Å². The zero-order chi connectivity index (χ0) is 26.0. The van der Waals surface area contributed by atoms with E-state index in [1.807, 2.05) is 29.2 Å². The molecule has 0 bridgehead atoms. The molecule has 1 spiro atoms. The highest BCUT2D eigenvalue weighted by atomic mass is 16.6. The molecule has 1 saturated carbocycles. The molecule has 202 valence electrons. The Balaban J connectivity index is 1.18. The number of nitrogens with zero attached hydrogens (tertiary/aromatic N) is 2. The largest absolute Gasteiger partial charge is 0.486 e. The van der Waals surface area contributed by atoms with Gasteiger partial charge in [-0.3, -0.25) is 14.5 Å². The van der Waals surface area contributed by atoms with Crippen molar-refractivity contribution >= 4 is 11.8 Å². The Bertz CT molecular complexity index is 1140. The van der Waals surface area contributed by atoms with Gasteiger partial charge in [-0.05, 0) is 48.4 Å². The number of ether oxygens (including phenoxy) is 2. The number of hydrogen-bond acceptors (Lipinski definition) is 5. The summed E-state index contributed by atoms with van der Waals surface area (Å²) in [6.45, 7) is 3.94. The van der Waals surface area contributed by atoms with Crippen LogP contribution in [0.3, 0.4) is 0 Å². The van der Waals surface area contributed by atoms with Gasteiger partial charge in [0.05, 0.1) is 0 Å². The Morgan fingerprint density at radius 1 is 0.842 bits per heavy atom. The maximum absolute atomic E-state index is 14.0. The molecule has 1 atom stereocenters. The van der Waals surface area contributed by atoms with Gasteiger partial charge < -0.3 is 19.7 Å². The molecule has 0 aromatic heterocycles. The first-order chi connectivity index (χ1) is 18.6. The van der Waals surface area contributed by atoms with Gasteiger partial charge in [-0.15, -0.1) is 0 Å². The maximum Gasteiger partial charge on any atom is 0.246 e. The molecule has 3 fully saturated rings.